The number of hydrogen-bond donors (Lipinski definition) is 0. The van der Waals surface area contributed by atoms with Gasteiger partial charge in [0.15, 0.2) is 0 Å². The summed E-state index contributed by atoms with van der Waals surface area (Å²) in [6, 6.07) is 4.04. The number of piperazine rings is 1. The highest BCUT2D eigenvalue weighted by molar-refractivity contribution is 5.97. The maximum atomic E-state index is 12.8. The van der Waals surface area contributed by atoms with E-state index in [9.17, 15) is 14.4 Å². The van der Waals surface area contributed by atoms with Crippen molar-refractivity contribution in [2.24, 2.45) is 0 Å². The van der Waals surface area contributed by atoms with Crippen LogP contribution in [0.15, 0.2) is 12.1 Å². The fourth-order valence-corrected chi connectivity index (χ4v) is 3.30. The summed E-state index contributed by atoms with van der Waals surface area (Å²) in [6.45, 7) is 7.95. The zero-order valence-electron chi connectivity index (χ0n) is 15.4. The maximum absolute atomic E-state index is 12.8. The van der Waals surface area contributed by atoms with Crippen LogP contribution in [0.3, 0.4) is 0 Å². The first-order valence-electron chi connectivity index (χ1n) is 8.55. The predicted molar refractivity (Wildman–Crippen MR) is 94.4 cm³/mol. The maximum Gasteiger partial charge on any atom is 0.306 e. The number of methoxy groups -OCH3 is 1. The lowest BCUT2D eigenvalue weighted by molar-refractivity contribution is -0.143. The van der Waals surface area contributed by atoms with Gasteiger partial charge in [0.1, 0.15) is 0 Å². The van der Waals surface area contributed by atoms with Gasteiger partial charge in [0.25, 0.3) is 5.91 Å². The zero-order chi connectivity index (χ0) is 18.6. The highest BCUT2D eigenvalue weighted by Crippen LogP contribution is 2.19. The molecule has 1 heterocycles. The summed E-state index contributed by atoms with van der Waals surface area (Å²) in [6.07, 6.45) is 0.243. The van der Waals surface area contributed by atoms with Crippen LogP contribution in [0, 0.1) is 20.8 Å². The van der Waals surface area contributed by atoms with Crippen molar-refractivity contribution in [2.45, 2.75) is 33.6 Å². The van der Waals surface area contributed by atoms with Crippen molar-refractivity contribution in [1.82, 2.24) is 9.80 Å². The highest BCUT2D eigenvalue weighted by Gasteiger charge is 2.26. The fourth-order valence-electron chi connectivity index (χ4n) is 3.30. The molecule has 0 radical (unpaired) electrons. The molecule has 1 aromatic rings. The smallest absolute Gasteiger partial charge is 0.306 e. The second-order valence-corrected chi connectivity index (χ2v) is 6.52. The summed E-state index contributed by atoms with van der Waals surface area (Å²) < 4.78 is 4.55. The normalized spacial score (nSPS) is 14.4. The largest absolute Gasteiger partial charge is 0.469 e. The van der Waals surface area contributed by atoms with Crippen LogP contribution < -0.4 is 0 Å². The monoisotopic (exact) mass is 346 g/mol. The lowest BCUT2D eigenvalue weighted by Crippen LogP contribution is -2.50. The van der Waals surface area contributed by atoms with E-state index in [0.29, 0.717) is 26.2 Å². The standard InChI is InChI=1S/C19H26N2O4/c1-13-11-14(2)18(15(3)12-13)19(24)21-9-7-20(8-10-21)16(22)5-6-17(23)25-4/h11-12H,5-10H2,1-4H3. The van der Waals surface area contributed by atoms with Gasteiger partial charge in [-0.2, -0.15) is 0 Å². The van der Waals surface area contributed by atoms with Gasteiger partial charge >= 0.3 is 5.97 Å². The van der Waals surface area contributed by atoms with E-state index in [0.717, 1.165) is 22.3 Å². The molecule has 136 valence electrons. The van der Waals surface area contributed by atoms with Crippen LogP contribution in [0.25, 0.3) is 0 Å². The zero-order valence-corrected chi connectivity index (χ0v) is 15.4. The first-order chi connectivity index (χ1) is 11.8. The number of carbonyl (C=O) groups excluding carboxylic acids is 3. The number of esters is 1. The minimum absolute atomic E-state index is 0.0247. The molecule has 0 atom stereocenters. The Morgan fingerprint density at radius 1 is 0.920 bits per heavy atom. The molecule has 6 nitrogen and oxygen atoms in total. The van der Waals surface area contributed by atoms with E-state index < -0.39 is 0 Å². The lowest BCUT2D eigenvalue weighted by Gasteiger charge is -2.35. The van der Waals surface area contributed by atoms with E-state index in [2.05, 4.69) is 4.74 Å². The quantitative estimate of drug-likeness (QED) is 0.781. The number of carbonyl (C=O) groups is 3. The number of nitrogens with zero attached hydrogens (tertiary/aromatic N) is 2. The van der Waals surface area contributed by atoms with E-state index >= 15 is 0 Å². The van der Waals surface area contributed by atoms with Crippen LogP contribution in [-0.2, 0) is 14.3 Å². The van der Waals surface area contributed by atoms with Crippen molar-refractivity contribution in [1.29, 1.82) is 0 Å². The van der Waals surface area contributed by atoms with E-state index in [4.69, 9.17) is 0 Å². The Bertz CT molecular complexity index is 653. The number of hydrogen-bond acceptors (Lipinski definition) is 4. The number of ether oxygens (including phenoxy) is 1. The first kappa shape index (κ1) is 19.0. The molecule has 0 aliphatic carbocycles. The molecule has 1 aromatic carbocycles. The van der Waals surface area contributed by atoms with Gasteiger partial charge in [-0.3, -0.25) is 14.4 Å². The number of amides is 2. The Hall–Kier alpha value is -2.37. The summed E-state index contributed by atoms with van der Waals surface area (Å²) in [5.41, 5.74) is 3.88. The van der Waals surface area contributed by atoms with E-state index in [1.54, 1.807) is 9.80 Å². The van der Waals surface area contributed by atoms with Crippen molar-refractivity contribution in [3.05, 3.63) is 34.4 Å². The molecule has 2 rings (SSSR count). The molecular weight excluding hydrogens is 320 g/mol. The Morgan fingerprint density at radius 2 is 1.44 bits per heavy atom. The molecule has 25 heavy (non-hydrogen) atoms. The Labute approximate surface area is 148 Å². The molecule has 1 aliphatic rings. The third kappa shape index (κ3) is 4.59. The molecule has 0 saturated carbocycles. The van der Waals surface area contributed by atoms with Gasteiger partial charge in [0.2, 0.25) is 5.91 Å². The summed E-state index contributed by atoms with van der Waals surface area (Å²) in [5, 5.41) is 0. The van der Waals surface area contributed by atoms with Crippen LogP contribution in [0.5, 0.6) is 0 Å². The van der Waals surface area contributed by atoms with Crippen molar-refractivity contribution in [3.8, 4) is 0 Å². The predicted octanol–water partition coefficient (Wildman–Crippen LogP) is 1.85. The van der Waals surface area contributed by atoms with Crippen LogP contribution >= 0.6 is 0 Å². The van der Waals surface area contributed by atoms with E-state index in [-0.39, 0.29) is 30.6 Å². The average molecular weight is 346 g/mol. The molecule has 1 aliphatic heterocycles. The van der Waals surface area contributed by atoms with Gasteiger partial charge in [-0.25, -0.2) is 0 Å². The van der Waals surface area contributed by atoms with Crippen molar-refractivity contribution in [3.63, 3.8) is 0 Å². The Morgan fingerprint density at radius 3 is 1.96 bits per heavy atom. The molecule has 0 bridgehead atoms. The molecule has 0 spiro atoms. The number of rotatable bonds is 4. The SMILES string of the molecule is COC(=O)CCC(=O)N1CCN(C(=O)c2c(C)cc(C)cc2C)CC1. The van der Waals surface area contributed by atoms with Crippen LogP contribution in [0.1, 0.15) is 39.9 Å². The minimum atomic E-state index is -0.382. The van der Waals surface area contributed by atoms with Crippen molar-refractivity contribution in [2.75, 3.05) is 33.3 Å². The van der Waals surface area contributed by atoms with E-state index in [1.165, 1.54) is 7.11 Å². The van der Waals surface area contributed by atoms with Crippen molar-refractivity contribution < 1.29 is 19.1 Å². The van der Waals surface area contributed by atoms with Crippen LogP contribution in [-0.4, -0.2) is 60.9 Å². The highest BCUT2D eigenvalue weighted by atomic mass is 16.5. The Kier molecular flexibility index (Phi) is 6.17. The van der Waals surface area contributed by atoms with E-state index in [1.807, 2.05) is 32.9 Å². The lowest BCUT2D eigenvalue weighted by atomic mass is 9.98. The van der Waals surface area contributed by atoms with Crippen LogP contribution in [0.4, 0.5) is 0 Å². The molecule has 0 unspecified atom stereocenters. The summed E-state index contributed by atoms with van der Waals surface area (Å²) in [4.78, 5) is 39.6. The van der Waals surface area contributed by atoms with Gasteiger partial charge in [-0.05, 0) is 31.9 Å². The van der Waals surface area contributed by atoms with Crippen LogP contribution in [0.2, 0.25) is 0 Å². The third-order valence-corrected chi connectivity index (χ3v) is 4.58. The van der Waals surface area contributed by atoms with Gasteiger partial charge in [-0.15, -0.1) is 0 Å². The number of aryl methyl sites for hydroxylation is 3. The summed E-state index contributed by atoms with van der Waals surface area (Å²) in [5.74, 6) is -0.427. The number of benzene rings is 1. The van der Waals surface area contributed by atoms with Gasteiger partial charge in [0.05, 0.1) is 13.5 Å². The van der Waals surface area contributed by atoms with Gasteiger partial charge in [0, 0.05) is 38.2 Å². The third-order valence-electron chi connectivity index (χ3n) is 4.58. The topological polar surface area (TPSA) is 66.9 Å². The minimum Gasteiger partial charge on any atom is -0.469 e. The van der Waals surface area contributed by atoms with Gasteiger partial charge in [-0.1, -0.05) is 17.7 Å². The molecule has 1 fully saturated rings. The summed E-state index contributed by atoms with van der Waals surface area (Å²) >= 11 is 0. The first-order valence-corrected chi connectivity index (χ1v) is 8.55. The molecule has 0 aromatic heterocycles. The summed E-state index contributed by atoms with van der Waals surface area (Å²) in [7, 11) is 1.31. The second-order valence-electron chi connectivity index (χ2n) is 6.52. The molecule has 1 saturated heterocycles. The Balaban J connectivity index is 1.95. The average Bonchev–Trinajstić information content (AvgIpc) is 2.58. The second kappa shape index (κ2) is 8.14. The molecule has 0 N–H and O–H groups in total. The molecule has 2 amide bonds. The van der Waals surface area contributed by atoms with Crippen molar-refractivity contribution >= 4 is 17.8 Å². The van der Waals surface area contributed by atoms with Gasteiger partial charge < -0.3 is 14.5 Å². The molecule has 6 heteroatoms. The molecular formula is C19H26N2O4. The fraction of sp³-hybridized carbons (Fsp3) is 0.526.